The summed E-state index contributed by atoms with van der Waals surface area (Å²) in [4.78, 5) is 52.2. The van der Waals surface area contributed by atoms with Crippen LogP contribution in [0, 0.1) is 5.92 Å². The molecule has 7 atom stereocenters. The summed E-state index contributed by atoms with van der Waals surface area (Å²) in [7, 11) is 3.07. The first kappa shape index (κ1) is 33.2. The van der Waals surface area contributed by atoms with Crippen molar-refractivity contribution in [1.29, 1.82) is 0 Å². The highest BCUT2D eigenvalue weighted by atomic mass is 16.7. The van der Waals surface area contributed by atoms with E-state index in [1.165, 1.54) is 18.9 Å². The molecule has 3 heterocycles. The predicted octanol–water partition coefficient (Wildman–Crippen LogP) is 3.37. The Morgan fingerprint density at radius 3 is 2.64 bits per heavy atom. The lowest BCUT2D eigenvalue weighted by molar-refractivity contribution is -0.153. The van der Waals surface area contributed by atoms with E-state index in [0.29, 0.717) is 17.8 Å². The summed E-state index contributed by atoms with van der Waals surface area (Å²) in [5, 5.41) is 16.9. The maximum Gasteiger partial charge on any atom is 0.409 e. The molecule has 12 heteroatoms. The molecule has 0 aliphatic carbocycles. The number of ether oxygens (including phenoxy) is 4. The number of hydrogen-bond acceptors (Lipinski definition) is 9. The highest BCUT2D eigenvalue weighted by Gasteiger charge is 2.64. The molecule has 4 rings (SSSR count). The summed E-state index contributed by atoms with van der Waals surface area (Å²) in [5.74, 6) is -1.50. The minimum Gasteiger partial charge on any atom is -0.459 e. The fourth-order valence-electron chi connectivity index (χ4n) is 5.97. The summed E-state index contributed by atoms with van der Waals surface area (Å²) in [6, 6.07) is 5.41. The van der Waals surface area contributed by atoms with Gasteiger partial charge in [-0.1, -0.05) is 37.6 Å². The van der Waals surface area contributed by atoms with E-state index in [-0.39, 0.29) is 31.1 Å². The number of amides is 3. The SMILES string of the molecule is CCC(=O)O[C@H]1CC(=O)N(C)c2cc(cc(NC(C)=O)c2)C/C(C)=C/C=C/[C@@H](OC)[C@@]2(O)C[C@H](OC(=O)N2)[C@@H](C)[C@@H]2O[C@@]12C. The number of rotatable bonds is 4. The number of allylic oxidation sites excluding steroid dienone is 3. The quantitative estimate of drug-likeness (QED) is 0.342. The van der Waals surface area contributed by atoms with Crippen molar-refractivity contribution in [1.82, 2.24) is 5.32 Å². The minimum absolute atomic E-state index is 0.000232. The van der Waals surface area contributed by atoms with Gasteiger partial charge in [0.2, 0.25) is 11.8 Å². The molecular formula is C32H43N3O9. The first-order chi connectivity index (χ1) is 20.7. The Labute approximate surface area is 257 Å². The van der Waals surface area contributed by atoms with Crippen molar-refractivity contribution in [3.05, 3.63) is 47.6 Å². The smallest absolute Gasteiger partial charge is 0.409 e. The fraction of sp³-hybridized carbons (Fsp3) is 0.562. The number of aliphatic hydroxyl groups is 1. The van der Waals surface area contributed by atoms with Crippen LogP contribution >= 0.6 is 0 Å². The third-order valence-corrected chi connectivity index (χ3v) is 8.54. The van der Waals surface area contributed by atoms with Crippen LogP contribution in [0.3, 0.4) is 0 Å². The summed E-state index contributed by atoms with van der Waals surface area (Å²) >= 11 is 0. The molecule has 1 aromatic carbocycles. The van der Waals surface area contributed by atoms with Crippen molar-refractivity contribution >= 4 is 35.3 Å². The number of carbonyl (C=O) groups excluding carboxylic acids is 4. The van der Waals surface area contributed by atoms with Gasteiger partial charge in [0.05, 0.1) is 12.5 Å². The van der Waals surface area contributed by atoms with Crippen molar-refractivity contribution in [2.75, 3.05) is 24.4 Å². The minimum atomic E-state index is -1.77. The number of anilines is 2. The standard InChI is InChI=1S/C32H43N3O9/c1-8-28(38)43-26-16-27(37)35(6)23-14-21(13-22(15-23)33-20(4)36)12-18(2)10-9-11-25(41-7)32(40)17-24(42-30(39)34-32)19(3)29-31(26,5)44-29/h9-11,13-15,19,24-26,29,40H,8,12,16-17H2,1-7H3,(H,33,36)(H,34,39)/b11-9+,18-10+/t19-,24+,25-,26+,29+,31+,32+/m1/s1. The average Bonchev–Trinajstić information content (AvgIpc) is 3.64. The molecule has 0 unspecified atom stereocenters. The Morgan fingerprint density at radius 2 is 1.98 bits per heavy atom. The van der Waals surface area contributed by atoms with Gasteiger partial charge in [0.1, 0.15) is 23.9 Å². The van der Waals surface area contributed by atoms with Gasteiger partial charge in [0.25, 0.3) is 0 Å². The third kappa shape index (κ3) is 7.31. The first-order valence-electron chi connectivity index (χ1n) is 14.8. The molecule has 1 aromatic rings. The number of fused-ring (bicyclic) bond motifs is 5. The zero-order valence-corrected chi connectivity index (χ0v) is 26.3. The van der Waals surface area contributed by atoms with Crippen LogP contribution in [0.25, 0.3) is 0 Å². The lowest BCUT2D eigenvalue weighted by Crippen LogP contribution is -2.63. The molecule has 2 fully saturated rings. The van der Waals surface area contributed by atoms with E-state index in [4.69, 9.17) is 18.9 Å². The Balaban J connectivity index is 1.78. The van der Waals surface area contributed by atoms with Gasteiger partial charge in [-0.15, -0.1) is 0 Å². The second-order valence-corrected chi connectivity index (χ2v) is 12.1. The highest BCUT2D eigenvalue weighted by Crippen LogP contribution is 2.49. The van der Waals surface area contributed by atoms with Crippen LogP contribution in [0.4, 0.5) is 16.2 Å². The summed E-state index contributed by atoms with van der Waals surface area (Å²) in [6.45, 7) is 8.59. The first-order valence-corrected chi connectivity index (χ1v) is 14.8. The molecule has 0 spiro atoms. The molecule has 3 N–H and O–H groups in total. The second kappa shape index (κ2) is 13.1. The number of hydrogen-bond donors (Lipinski definition) is 3. The summed E-state index contributed by atoms with van der Waals surface area (Å²) in [5.41, 5.74) is 0.0447. The predicted molar refractivity (Wildman–Crippen MR) is 162 cm³/mol. The van der Waals surface area contributed by atoms with Gasteiger partial charge in [-0.2, -0.15) is 0 Å². The second-order valence-electron chi connectivity index (χ2n) is 12.1. The maximum atomic E-state index is 13.7. The lowest BCUT2D eigenvalue weighted by atomic mass is 9.83. The van der Waals surface area contributed by atoms with Crippen molar-refractivity contribution in [2.45, 2.75) is 96.0 Å². The van der Waals surface area contributed by atoms with Crippen LogP contribution in [0.5, 0.6) is 0 Å². The number of methoxy groups -OCH3 is 1. The van der Waals surface area contributed by atoms with Crippen LogP contribution in [0.15, 0.2) is 42.0 Å². The normalized spacial score (nSPS) is 34.4. The van der Waals surface area contributed by atoms with Gasteiger partial charge >= 0.3 is 12.1 Å². The molecule has 44 heavy (non-hydrogen) atoms. The van der Waals surface area contributed by atoms with E-state index < -0.39 is 53.7 Å². The Kier molecular flexibility index (Phi) is 9.86. The molecule has 2 saturated heterocycles. The van der Waals surface area contributed by atoms with E-state index >= 15 is 0 Å². The van der Waals surface area contributed by atoms with Crippen LogP contribution in [-0.2, 0) is 39.8 Å². The molecule has 0 saturated carbocycles. The van der Waals surface area contributed by atoms with E-state index in [1.807, 2.05) is 32.1 Å². The zero-order chi connectivity index (χ0) is 32.4. The molecule has 12 nitrogen and oxygen atoms in total. The molecule has 3 aliphatic heterocycles. The fourth-order valence-corrected chi connectivity index (χ4v) is 5.97. The van der Waals surface area contributed by atoms with E-state index in [2.05, 4.69) is 10.6 Å². The van der Waals surface area contributed by atoms with Crippen molar-refractivity contribution in [3.8, 4) is 0 Å². The largest absolute Gasteiger partial charge is 0.459 e. The third-order valence-electron chi connectivity index (χ3n) is 8.54. The Bertz CT molecular complexity index is 1360. The number of epoxide rings is 1. The average molecular weight is 614 g/mol. The number of alkyl carbamates (subject to hydrolysis) is 1. The number of carbonyl (C=O) groups is 4. The zero-order valence-electron chi connectivity index (χ0n) is 26.3. The van der Waals surface area contributed by atoms with Gasteiger partial charge in [0, 0.05) is 51.2 Å². The van der Waals surface area contributed by atoms with Crippen LogP contribution in [0.1, 0.15) is 59.4 Å². The van der Waals surface area contributed by atoms with E-state index in [0.717, 1.165) is 11.1 Å². The molecule has 0 aromatic heterocycles. The molecular weight excluding hydrogens is 570 g/mol. The van der Waals surface area contributed by atoms with Crippen LogP contribution < -0.4 is 15.5 Å². The summed E-state index contributed by atoms with van der Waals surface area (Å²) < 4.78 is 23.1. The van der Waals surface area contributed by atoms with Gasteiger partial charge < -0.3 is 34.3 Å². The molecule has 4 bridgehead atoms. The van der Waals surface area contributed by atoms with Gasteiger partial charge in [-0.05, 0) is 44.0 Å². The molecule has 0 radical (unpaired) electrons. The monoisotopic (exact) mass is 613 g/mol. The highest BCUT2D eigenvalue weighted by molar-refractivity contribution is 5.95. The van der Waals surface area contributed by atoms with Crippen molar-refractivity contribution in [3.63, 3.8) is 0 Å². The van der Waals surface area contributed by atoms with E-state index in [1.54, 1.807) is 39.1 Å². The van der Waals surface area contributed by atoms with Gasteiger partial charge in [0.15, 0.2) is 5.72 Å². The van der Waals surface area contributed by atoms with Crippen LogP contribution in [-0.4, -0.2) is 78.9 Å². The number of nitrogens with one attached hydrogen (secondary N) is 2. The Hall–Kier alpha value is -3.74. The van der Waals surface area contributed by atoms with Crippen molar-refractivity contribution in [2.24, 2.45) is 5.92 Å². The lowest BCUT2D eigenvalue weighted by Gasteiger charge is -2.42. The number of esters is 1. The number of benzene rings is 1. The molecule has 3 aliphatic rings. The topological polar surface area (TPSA) is 156 Å². The summed E-state index contributed by atoms with van der Waals surface area (Å²) in [6.07, 6.45) is 1.75. The molecule has 240 valence electrons. The van der Waals surface area contributed by atoms with Crippen molar-refractivity contribution < 1.29 is 43.2 Å². The number of nitrogens with zero attached hydrogens (tertiary/aromatic N) is 1. The maximum absolute atomic E-state index is 13.7. The van der Waals surface area contributed by atoms with Gasteiger partial charge in [-0.25, -0.2) is 4.79 Å². The Morgan fingerprint density at radius 1 is 1.25 bits per heavy atom. The van der Waals surface area contributed by atoms with Crippen LogP contribution in [0.2, 0.25) is 0 Å². The van der Waals surface area contributed by atoms with Gasteiger partial charge in [-0.3, -0.25) is 19.7 Å². The molecule has 3 amide bonds. The van der Waals surface area contributed by atoms with E-state index in [9.17, 15) is 24.3 Å².